The van der Waals surface area contributed by atoms with Crippen LogP contribution in [0.15, 0.2) is 9.59 Å². The van der Waals surface area contributed by atoms with E-state index in [1.54, 1.807) is 7.05 Å². The first kappa shape index (κ1) is 15.4. The first-order valence-corrected chi connectivity index (χ1v) is 7.37. The van der Waals surface area contributed by atoms with Crippen molar-refractivity contribution in [3.05, 3.63) is 26.4 Å². The highest BCUT2D eigenvalue weighted by molar-refractivity contribution is 5.54. The van der Waals surface area contributed by atoms with Gasteiger partial charge in [-0.15, -0.1) is 0 Å². The molecule has 1 atom stereocenters. The lowest BCUT2D eigenvalue weighted by molar-refractivity contribution is 0.368. The summed E-state index contributed by atoms with van der Waals surface area (Å²) in [7, 11) is 3.04. The van der Waals surface area contributed by atoms with E-state index in [9.17, 15) is 14.9 Å². The zero-order chi connectivity index (χ0) is 15.7. The van der Waals surface area contributed by atoms with Crippen molar-refractivity contribution in [1.29, 1.82) is 5.26 Å². The summed E-state index contributed by atoms with van der Waals surface area (Å²) in [5, 5.41) is 9.39. The average molecular weight is 290 g/mol. The number of aromatic nitrogens is 2. The summed E-state index contributed by atoms with van der Waals surface area (Å²) in [4.78, 5) is 26.5. The fraction of sp³-hybridized carbons (Fsp3) is 0.667. The van der Waals surface area contributed by atoms with Crippen molar-refractivity contribution < 1.29 is 0 Å². The summed E-state index contributed by atoms with van der Waals surface area (Å²) in [5.41, 5.74) is -0.835. The minimum atomic E-state index is -0.510. The fourth-order valence-corrected chi connectivity index (χ4v) is 3.18. The van der Waals surface area contributed by atoms with Crippen LogP contribution in [0.3, 0.4) is 0 Å². The second-order valence-corrected chi connectivity index (χ2v) is 6.02. The molecule has 0 radical (unpaired) electrons. The van der Waals surface area contributed by atoms with Crippen LogP contribution in [0.4, 0.5) is 5.82 Å². The van der Waals surface area contributed by atoms with Crippen molar-refractivity contribution in [1.82, 2.24) is 9.13 Å². The van der Waals surface area contributed by atoms with E-state index >= 15 is 0 Å². The molecule has 2 heterocycles. The third kappa shape index (κ3) is 2.48. The van der Waals surface area contributed by atoms with Crippen molar-refractivity contribution in [3.63, 3.8) is 0 Å². The predicted molar refractivity (Wildman–Crippen MR) is 81.5 cm³/mol. The van der Waals surface area contributed by atoms with Gasteiger partial charge in [0.2, 0.25) is 0 Å². The third-order valence-electron chi connectivity index (χ3n) is 4.34. The van der Waals surface area contributed by atoms with E-state index in [0.717, 1.165) is 30.4 Å². The molecule has 0 unspecified atom stereocenters. The molecule has 0 spiro atoms. The molecule has 0 N–H and O–H groups in total. The maximum absolute atomic E-state index is 12.2. The van der Waals surface area contributed by atoms with Gasteiger partial charge in [0, 0.05) is 26.7 Å². The molecule has 2 rings (SSSR count). The second-order valence-electron chi connectivity index (χ2n) is 6.02. The Morgan fingerprint density at radius 2 is 1.86 bits per heavy atom. The highest BCUT2D eigenvalue weighted by Gasteiger charge is 2.30. The first-order chi connectivity index (χ1) is 9.90. The van der Waals surface area contributed by atoms with Crippen molar-refractivity contribution in [2.24, 2.45) is 20.0 Å². The van der Waals surface area contributed by atoms with Gasteiger partial charge in [-0.05, 0) is 25.2 Å². The van der Waals surface area contributed by atoms with Crippen molar-refractivity contribution in [3.8, 4) is 6.07 Å². The molecule has 1 aliphatic heterocycles. The number of anilines is 1. The lowest BCUT2D eigenvalue weighted by Crippen LogP contribution is -2.49. The van der Waals surface area contributed by atoms with Crippen LogP contribution in [0.1, 0.15) is 38.7 Å². The summed E-state index contributed by atoms with van der Waals surface area (Å²) >= 11 is 0. The summed E-state index contributed by atoms with van der Waals surface area (Å²) in [6.45, 7) is 5.04. The SMILES string of the molecule is CC(C)[C@H]1CCCCN1c1c(C#N)c(=O)n(C)c(=O)n1C. The number of nitrogens with zero attached hydrogens (tertiary/aromatic N) is 4. The molecule has 0 bridgehead atoms. The molecule has 0 aromatic carbocycles. The lowest BCUT2D eigenvalue weighted by atomic mass is 9.92. The highest BCUT2D eigenvalue weighted by Crippen LogP contribution is 2.29. The molecule has 6 nitrogen and oxygen atoms in total. The van der Waals surface area contributed by atoms with E-state index in [1.165, 1.54) is 11.6 Å². The van der Waals surface area contributed by atoms with Crippen LogP contribution >= 0.6 is 0 Å². The van der Waals surface area contributed by atoms with E-state index in [4.69, 9.17) is 0 Å². The van der Waals surface area contributed by atoms with Crippen LogP contribution in [-0.2, 0) is 14.1 Å². The molecule has 1 fully saturated rings. The Labute approximate surface area is 124 Å². The zero-order valence-corrected chi connectivity index (χ0v) is 13.1. The summed E-state index contributed by atoms with van der Waals surface area (Å²) in [6.07, 6.45) is 3.17. The molecule has 6 heteroatoms. The van der Waals surface area contributed by atoms with Crippen molar-refractivity contribution in [2.45, 2.75) is 39.2 Å². The normalized spacial score (nSPS) is 18.9. The largest absolute Gasteiger partial charge is 0.353 e. The van der Waals surface area contributed by atoms with E-state index in [1.807, 2.05) is 6.07 Å². The molecular formula is C15H22N4O2. The molecule has 114 valence electrons. The third-order valence-corrected chi connectivity index (χ3v) is 4.34. The Hall–Kier alpha value is -2.03. The van der Waals surface area contributed by atoms with Crippen LogP contribution < -0.4 is 16.1 Å². The minimum Gasteiger partial charge on any atom is -0.353 e. The maximum atomic E-state index is 12.2. The molecule has 1 aromatic heterocycles. The lowest BCUT2D eigenvalue weighted by Gasteiger charge is -2.40. The molecule has 1 aliphatic rings. The molecule has 0 aliphatic carbocycles. The Kier molecular flexibility index (Phi) is 4.21. The van der Waals surface area contributed by atoms with Gasteiger partial charge in [-0.2, -0.15) is 5.26 Å². The predicted octanol–water partition coefficient (Wildman–Crippen LogP) is 0.971. The Morgan fingerprint density at radius 3 is 2.43 bits per heavy atom. The highest BCUT2D eigenvalue weighted by atomic mass is 16.2. The second kappa shape index (κ2) is 5.76. The standard InChI is InChI=1S/C15H22N4O2/c1-10(2)12-7-5-6-8-19(12)13-11(9-16)14(20)18(4)15(21)17(13)3/h10,12H,5-8H2,1-4H3/t12-/m1/s1. The van der Waals surface area contributed by atoms with Gasteiger partial charge >= 0.3 is 5.69 Å². The van der Waals surface area contributed by atoms with E-state index in [2.05, 4.69) is 18.7 Å². The molecule has 1 aromatic rings. The summed E-state index contributed by atoms with van der Waals surface area (Å²) < 4.78 is 2.43. The van der Waals surface area contributed by atoms with Gasteiger partial charge in [-0.1, -0.05) is 13.8 Å². The summed E-state index contributed by atoms with van der Waals surface area (Å²) in [5.74, 6) is 0.875. The summed E-state index contributed by atoms with van der Waals surface area (Å²) in [6, 6.07) is 2.25. The number of hydrogen-bond acceptors (Lipinski definition) is 4. The van der Waals surface area contributed by atoms with Gasteiger partial charge in [0.15, 0.2) is 5.56 Å². The minimum absolute atomic E-state index is 0.0622. The smallest absolute Gasteiger partial charge is 0.332 e. The van der Waals surface area contributed by atoms with Crippen LogP contribution in [0, 0.1) is 17.2 Å². The number of hydrogen-bond donors (Lipinski definition) is 0. The van der Waals surface area contributed by atoms with E-state index in [0.29, 0.717) is 11.7 Å². The van der Waals surface area contributed by atoms with Crippen LogP contribution in [0.5, 0.6) is 0 Å². The van der Waals surface area contributed by atoms with Gasteiger partial charge in [-0.3, -0.25) is 13.9 Å². The maximum Gasteiger partial charge on any atom is 0.332 e. The van der Waals surface area contributed by atoms with Gasteiger partial charge in [0.1, 0.15) is 11.9 Å². The van der Waals surface area contributed by atoms with Gasteiger partial charge < -0.3 is 4.90 Å². The van der Waals surface area contributed by atoms with Gasteiger partial charge in [0.05, 0.1) is 0 Å². The molecule has 0 amide bonds. The van der Waals surface area contributed by atoms with Crippen molar-refractivity contribution >= 4 is 5.82 Å². The van der Waals surface area contributed by atoms with E-state index < -0.39 is 5.56 Å². The monoisotopic (exact) mass is 290 g/mol. The Morgan fingerprint density at radius 1 is 1.19 bits per heavy atom. The van der Waals surface area contributed by atoms with Crippen LogP contribution in [0.25, 0.3) is 0 Å². The Bertz CT molecular complexity index is 693. The first-order valence-electron chi connectivity index (χ1n) is 7.37. The van der Waals surface area contributed by atoms with Crippen LogP contribution in [-0.4, -0.2) is 21.7 Å². The van der Waals surface area contributed by atoms with Gasteiger partial charge in [-0.25, -0.2) is 4.79 Å². The zero-order valence-electron chi connectivity index (χ0n) is 13.1. The van der Waals surface area contributed by atoms with E-state index in [-0.39, 0.29) is 17.3 Å². The number of nitriles is 1. The molecule has 0 saturated carbocycles. The Balaban J connectivity index is 2.71. The number of rotatable bonds is 2. The van der Waals surface area contributed by atoms with Crippen molar-refractivity contribution in [2.75, 3.05) is 11.4 Å². The average Bonchev–Trinajstić information content (AvgIpc) is 2.48. The molecule has 21 heavy (non-hydrogen) atoms. The topological polar surface area (TPSA) is 71.0 Å². The fourth-order valence-electron chi connectivity index (χ4n) is 3.18. The molecule has 1 saturated heterocycles. The number of piperidine rings is 1. The quantitative estimate of drug-likeness (QED) is 0.813. The van der Waals surface area contributed by atoms with Gasteiger partial charge in [0.25, 0.3) is 5.56 Å². The van der Waals surface area contributed by atoms with Crippen LogP contribution in [0.2, 0.25) is 0 Å². The molecular weight excluding hydrogens is 268 g/mol.